The van der Waals surface area contributed by atoms with Crippen molar-refractivity contribution in [3.05, 3.63) is 41.6 Å². The third kappa shape index (κ3) is 4.97. The van der Waals surface area contributed by atoms with E-state index >= 15 is 0 Å². The van der Waals surface area contributed by atoms with Gasteiger partial charge in [-0.15, -0.1) is 0 Å². The van der Waals surface area contributed by atoms with Crippen molar-refractivity contribution in [1.29, 1.82) is 0 Å². The Labute approximate surface area is 144 Å². The molecule has 1 heterocycles. The molecule has 142 valence electrons. The maximum Gasteiger partial charge on any atom is 0.433 e. The number of nitrogens with one attached hydrogen (secondary N) is 2. The summed E-state index contributed by atoms with van der Waals surface area (Å²) in [6, 6.07) is 4.17. The molecule has 0 saturated carbocycles. The van der Waals surface area contributed by atoms with E-state index in [4.69, 9.17) is 5.11 Å². The number of hydrogen-bond donors (Lipinski definition) is 3. The first-order valence-corrected chi connectivity index (χ1v) is 7.27. The molecule has 0 aliphatic heterocycles. The van der Waals surface area contributed by atoms with E-state index in [0.717, 1.165) is 18.2 Å². The zero-order valence-corrected chi connectivity index (χ0v) is 13.3. The molecule has 0 aliphatic carbocycles. The third-order valence-corrected chi connectivity index (χ3v) is 3.16. The summed E-state index contributed by atoms with van der Waals surface area (Å²) in [4.78, 5) is 7.03. The van der Waals surface area contributed by atoms with Crippen molar-refractivity contribution in [1.82, 2.24) is 9.97 Å². The van der Waals surface area contributed by atoms with Crippen LogP contribution in [0.1, 0.15) is 18.2 Å². The van der Waals surface area contributed by atoms with E-state index in [1.807, 2.05) is 0 Å². The van der Waals surface area contributed by atoms with Gasteiger partial charge in [0.2, 0.25) is 5.95 Å². The Balaban J connectivity index is 2.45. The second-order valence-corrected chi connectivity index (χ2v) is 5.36. The zero-order chi connectivity index (χ0) is 19.5. The lowest BCUT2D eigenvalue weighted by Gasteiger charge is -2.17. The molecule has 1 aromatic carbocycles. The molecule has 1 atom stereocenters. The van der Waals surface area contributed by atoms with Gasteiger partial charge in [0.25, 0.3) is 0 Å². The van der Waals surface area contributed by atoms with Gasteiger partial charge in [-0.3, -0.25) is 0 Å². The van der Waals surface area contributed by atoms with Crippen molar-refractivity contribution in [2.75, 3.05) is 17.2 Å². The maximum atomic E-state index is 13.0. The lowest BCUT2D eigenvalue weighted by Crippen LogP contribution is -2.22. The summed E-state index contributed by atoms with van der Waals surface area (Å²) in [5, 5.41) is 13.7. The number of aromatic nitrogens is 2. The van der Waals surface area contributed by atoms with E-state index in [-0.39, 0.29) is 0 Å². The molecule has 26 heavy (non-hydrogen) atoms. The molecule has 0 unspecified atom stereocenters. The van der Waals surface area contributed by atoms with E-state index in [2.05, 4.69) is 20.6 Å². The molecule has 0 bridgehead atoms. The minimum Gasteiger partial charge on any atom is -0.394 e. The van der Waals surface area contributed by atoms with Gasteiger partial charge in [-0.2, -0.15) is 31.3 Å². The maximum absolute atomic E-state index is 13.0. The summed E-state index contributed by atoms with van der Waals surface area (Å²) >= 11 is 0. The van der Waals surface area contributed by atoms with Crippen molar-refractivity contribution in [2.24, 2.45) is 0 Å². The number of para-hydroxylation sites is 1. The molecular weight excluding hydrogens is 366 g/mol. The lowest BCUT2D eigenvalue weighted by molar-refractivity contribution is -0.141. The molecule has 11 heteroatoms. The SMILES string of the molecule is C[C@@H](CO)Nc1nc(Nc2ccccc2C(F)(F)F)cc(C(F)(F)F)n1. The third-order valence-electron chi connectivity index (χ3n) is 3.16. The van der Waals surface area contributed by atoms with Gasteiger partial charge in [-0.1, -0.05) is 12.1 Å². The first-order valence-electron chi connectivity index (χ1n) is 7.27. The summed E-state index contributed by atoms with van der Waals surface area (Å²) in [5.74, 6) is -0.954. The van der Waals surface area contributed by atoms with Crippen LogP contribution in [0.5, 0.6) is 0 Å². The van der Waals surface area contributed by atoms with E-state index in [0.29, 0.717) is 6.07 Å². The van der Waals surface area contributed by atoms with Gasteiger partial charge >= 0.3 is 12.4 Å². The average Bonchev–Trinajstić information content (AvgIpc) is 2.53. The molecule has 0 amide bonds. The first kappa shape index (κ1) is 19.8. The summed E-state index contributed by atoms with van der Waals surface area (Å²) in [6.07, 6.45) is -9.53. The standard InChI is InChI=1S/C15H14F6N4O/c1-8(7-26)22-13-24-11(15(19,20)21)6-12(25-13)23-10-5-3-2-4-9(10)14(16,17)18/h2-6,8,26H,7H2,1H3,(H2,22,23,24,25)/t8-/m0/s1. The largest absolute Gasteiger partial charge is 0.433 e. The van der Waals surface area contributed by atoms with Gasteiger partial charge in [0, 0.05) is 12.1 Å². The number of nitrogens with zero attached hydrogens (tertiary/aromatic N) is 2. The molecule has 0 spiro atoms. The van der Waals surface area contributed by atoms with Crippen molar-refractivity contribution < 1.29 is 31.4 Å². The van der Waals surface area contributed by atoms with Gasteiger partial charge in [-0.05, 0) is 19.1 Å². The van der Waals surface area contributed by atoms with Crippen LogP contribution in [-0.2, 0) is 12.4 Å². The number of anilines is 3. The van der Waals surface area contributed by atoms with Crippen LogP contribution in [0.3, 0.4) is 0 Å². The van der Waals surface area contributed by atoms with Gasteiger partial charge in [0.1, 0.15) is 5.82 Å². The predicted molar refractivity (Wildman–Crippen MR) is 81.9 cm³/mol. The fourth-order valence-electron chi connectivity index (χ4n) is 1.96. The smallest absolute Gasteiger partial charge is 0.394 e. The first-order chi connectivity index (χ1) is 12.0. The minimum absolute atomic E-state index is 0.403. The molecule has 0 aliphatic rings. The second-order valence-electron chi connectivity index (χ2n) is 5.36. The highest BCUT2D eigenvalue weighted by atomic mass is 19.4. The van der Waals surface area contributed by atoms with E-state index in [9.17, 15) is 26.3 Å². The molecule has 0 radical (unpaired) electrons. The molecule has 5 nitrogen and oxygen atoms in total. The molecule has 0 fully saturated rings. The number of benzene rings is 1. The Kier molecular flexibility index (Phi) is 5.59. The normalized spacial score (nSPS) is 13.4. The Morgan fingerprint density at radius 3 is 2.27 bits per heavy atom. The van der Waals surface area contributed by atoms with Crippen LogP contribution < -0.4 is 10.6 Å². The van der Waals surface area contributed by atoms with Crippen molar-refractivity contribution in [3.63, 3.8) is 0 Å². The number of hydrogen-bond acceptors (Lipinski definition) is 5. The monoisotopic (exact) mass is 380 g/mol. The quantitative estimate of drug-likeness (QED) is 0.683. The number of halogens is 6. The summed E-state index contributed by atoms with van der Waals surface area (Å²) in [7, 11) is 0. The van der Waals surface area contributed by atoms with Crippen LogP contribution in [0.4, 0.5) is 43.8 Å². The van der Waals surface area contributed by atoms with E-state index in [1.165, 1.54) is 13.0 Å². The Morgan fingerprint density at radius 1 is 1.04 bits per heavy atom. The Bertz CT molecular complexity index is 763. The van der Waals surface area contributed by atoms with Crippen molar-refractivity contribution >= 4 is 17.5 Å². The van der Waals surface area contributed by atoms with Gasteiger partial charge in [0.15, 0.2) is 5.69 Å². The Morgan fingerprint density at radius 2 is 1.69 bits per heavy atom. The van der Waals surface area contributed by atoms with Crippen molar-refractivity contribution in [2.45, 2.75) is 25.3 Å². The number of aliphatic hydroxyl groups is 1. The van der Waals surface area contributed by atoms with Gasteiger partial charge < -0.3 is 15.7 Å². The highest BCUT2D eigenvalue weighted by Gasteiger charge is 2.35. The number of aliphatic hydroxyl groups excluding tert-OH is 1. The topological polar surface area (TPSA) is 70.1 Å². The minimum atomic E-state index is -4.83. The zero-order valence-electron chi connectivity index (χ0n) is 13.3. The Hall–Kier alpha value is -2.56. The van der Waals surface area contributed by atoms with Crippen LogP contribution in [0.25, 0.3) is 0 Å². The highest BCUT2D eigenvalue weighted by Crippen LogP contribution is 2.36. The van der Waals surface area contributed by atoms with Gasteiger partial charge in [0.05, 0.1) is 17.9 Å². The van der Waals surface area contributed by atoms with Crippen LogP contribution >= 0.6 is 0 Å². The van der Waals surface area contributed by atoms with E-state index in [1.54, 1.807) is 0 Å². The van der Waals surface area contributed by atoms with Crippen molar-refractivity contribution in [3.8, 4) is 0 Å². The molecular formula is C15H14F6N4O. The van der Waals surface area contributed by atoms with Crippen LogP contribution in [-0.4, -0.2) is 27.7 Å². The molecule has 0 saturated heterocycles. The fraction of sp³-hybridized carbons (Fsp3) is 0.333. The van der Waals surface area contributed by atoms with Crippen LogP contribution in [0, 0.1) is 0 Å². The number of alkyl halides is 6. The lowest BCUT2D eigenvalue weighted by atomic mass is 10.1. The summed E-state index contributed by atoms with van der Waals surface area (Å²) in [5.41, 5.74) is -2.84. The average molecular weight is 380 g/mol. The summed E-state index contributed by atoms with van der Waals surface area (Å²) in [6.45, 7) is 1.06. The molecule has 1 aromatic heterocycles. The van der Waals surface area contributed by atoms with Crippen LogP contribution in [0.15, 0.2) is 30.3 Å². The van der Waals surface area contributed by atoms with E-state index < -0.39 is 53.7 Å². The molecule has 2 rings (SSSR count). The second kappa shape index (κ2) is 7.36. The summed E-state index contributed by atoms with van der Waals surface area (Å²) < 4.78 is 78.1. The highest BCUT2D eigenvalue weighted by molar-refractivity contribution is 5.62. The fourth-order valence-corrected chi connectivity index (χ4v) is 1.96. The molecule has 3 N–H and O–H groups in total. The molecule has 2 aromatic rings. The van der Waals surface area contributed by atoms with Crippen LogP contribution in [0.2, 0.25) is 0 Å². The van der Waals surface area contributed by atoms with Gasteiger partial charge in [-0.25, -0.2) is 4.98 Å². The predicted octanol–water partition coefficient (Wildman–Crippen LogP) is 4.05. The number of rotatable bonds is 5.